The summed E-state index contributed by atoms with van der Waals surface area (Å²) in [5.74, 6) is -2.65. The van der Waals surface area contributed by atoms with Crippen LogP contribution in [0.15, 0.2) is 84.9 Å². The minimum atomic E-state index is -3.42. The number of halogens is 2. The molecule has 62 heavy (non-hydrogen) atoms. The van der Waals surface area contributed by atoms with Gasteiger partial charge in [-0.1, -0.05) is 24.3 Å². The maximum atomic E-state index is 13.9. The number of sulfonamides is 1. The van der Waals surface area contributed by atoms with Crippen molar-refractivity contribution < 1.29 is 55.8 Å². The van der Waals surface area contributed by atoms with Crippen molar-refractivity contribution in [3.8, 4) is 11.5 Å². The second kappa shape index (κ2) is 20.8. The first kappa shape index (κ1) is 45.8. The van der Waals surface area contributed by atoms with Crippen molar-refractivity contribution in [2.45, 2.75) is 13.0 Å². The van der Waals surface area contributed by atoms with Crippen LogP contribution < -0.4 is 35.5 Å². The highest BCUT2D eigenvalue weighted by Crippen LogP contribution is 2.28. The van der Waals surface area contributed by atoms with Crippen molar-refractivity contribution in [1.29, 1.82) is 0 Å². The zero-order chi connectivity index (χ0) is 45.0. The molecule has 0 bridgehead atoms. The third kappa shape index (κ3) is 12.9. The molecule has 0 unspecified atom stereocenters. The molecule has 4 amide bonds. The lowest BCUT2D eigenvalue weighted by molar-refractivity contribution is -0.136. The molecule has 0 aliphatic rings. The highest BCUT2D eigenvalue weighted by Gasteiger charge is 2.22. The number of amides is 4. The molecule has 322 valence electrons. The Kier molecular flexibility index (Phi) is 15.4. The van der Waals surface area contributed by atoms with Crippen LogP contribution in [0.25, 0.3) is 0 Å². The Labute approximate surface area is 358 Å². The van der Waals surface area contributed by atoms with Crippen LogP contribution in [0.2, 0.25) is 0 Å². The molecule has 2 aromatic heterocycles. The van der Waals surface area contributed by atoms with Gasteiger partial charge in [0.25, 0.3) is 0 Å². The van der Waals surface area contributed by atoms with Crippen molar-refractivity contribution in [3.05, 3.63) is 130 Å². The molecule has 6 rings (SSSR count). The average Bonchev–Trinajstić information content (AvgIpc) is 3.88. The lowest BCUT2D eigenvalue weighted by Crippen LogP contribution is -2.22. The van der Waals surface area contributed by atoms with Gasteiger partial charge < -0.3 is 25.2 Å². The zero-order valence-corrected chi connectivity index (χ0v) is 34.8. The second-order valence-electron chi connectivity index (χ2n) is 12.3. The quantitative estimate of drug-likeness (QED) is 0.0666. The van der Waals surface area contributed by atoms with E-state index in [4.69, 9.17) is 14.6 Å². The van der Waals surface area contributed by atoms with Crippen molar-refractivity contribution in [2.75, 3.05) is 41.7 Å². The molecule has 0 fully saturated rings. The topological polar surface area (TPSA) is 270 Å². The SMILES string of the molecule is COc1ccccc1C(=O)c1cc(F)ccc1NC(=O)Nc1nc(CC(=O)O)ns1.COc1ccccc1C(=O)c1cc(F)ccc1NC(=O)Nc1nc(CNS(C)(=O)=O)ns1. The van der Waals surface area contributed by atoms with E-state index in [9.17, 15) is 41.2 Å². The number of hydrogen-bond donors (Lipinski definition) is 6. The van der Waals surface area contributed by atoms with E-state index >= 15 is 0 Å². The number of aromatic nitrogens is 4. The number of nitrogens with one attached hydrogen (secondary N) is 5. The van der Waals surface area contributed by atoms with Gasteiger partial charge in [-0.3, -0.25) is 25.0 Å². The number of urea groups is 2. The Morgan fingerprint density at radius 1 is 0.645 bits per heavy atom. The van der Waals surface area contributed by atoms with Crippen LogP contribution in [0.5, 0.6) is 11.5 Å². The molecule has 0 aliphatic carbocycles. The van der Waals surface area contributed by atoms with Gasteiger partial charge in [0.15, 0.2) is 23.2 Å². The first-order valence-corrected chi connectivity index (χ1v) is 20.9. The molecular weight excluding hydrogens is 877 g/mol. The molecule has 19 nitrogen and oxygen atoms in total. The van der Waals surface area contributed by atoms with Crippen LogP contribution >= 0.6 is 23.1 Å². The fourth-order valence-electron chi connectivity index (χ4n) is 5.17. The predicted molar refractivity (Wildman–Crippen MR) is 224 cm³/mol. The summed E-state index contributed by atoms with van der Waals surface area (Å²) >= 11 is 1.65. The van der Waals surface area contributed by atoms with Crippen LogP contribution in [0, 0.1) is 11.6 Å². The Morgan fingerprint density at radius 3 is 1.52 bits per heavy atom. The smallest absolute Gasteiger partial charge is 0.325 e. The van der Waals surface area contributed by atoms with Gasteiger partial charge in [0, 0.05) is 34.2 Å². The molecule has 6 N–H and O–H groups in total. The number of carbonyl (C=O) groups excluding carboxylic acids is 4. The van der Waals surface area contributed by atoms with E-state index in [1.165, 1.54) is 38.5 Å². The van der Waals surface area contributed by atoms with Crippen LogP contribution in [-0.2, 0) is 27.8 Å². The molecule has 0 saturated carbocycles. The minimum Gasteiger partial charge on any atom is -0.496 e. The van der Waals surface area contributed by atoms with E-state index in [1.54, 1.807) is 36.4 Å². The Balaban J connectivity index is 0.000000235. The first-order valence-electron chi connectivity index (χ1n) is 17.5. The maximum absolute atomic E-state index is 13.9. The number of ketones is 2. The highest BCUT2D eigenvalue weighted by molar-refractivity contribution is 7.88. The van der Waals surface area contributed by atoms with E-state index in [0.717, 1.165) is 53.6 Å². The van der Waals surface area contributed by atoms with Gasteiger partial charge in [0.05, 0.1) is 49.5 Å². The third-order valence-corrected chi connectivity index (χ3v) is 9.84. The summed E-state index contributed by atoms with van der Waals surface area (Å²) in [7, 11) is -0.601. The Hall–Kier alpha value is -7.28. The predicted octanol–water partition coefficient (Wildman–Crippen LogP) is 5.80. The van der Waals surface area contributed by atoms with Crippen LogP contribution in [0.3, 0.4) is 0 Å². The second-order valence-corrected chi connectivity index (χ2v) is 15.6. The molecule has 4 aromatic carbocycles. The maximum Gasteiger partial charge on any atom is 0.325 e. The Bertz CT molecular complexity index is 2750. The summed E-state index contributed by atoms with van der Waals surface area (Å²) in [4.78, 5) is 69.2. The Morgan fingerprint density at radius 2 is 1.08 bits per heavy atom. The number of nitrogens with zero attached hydrogens (tertiary/aromatic N) is 4. The van der Waals surface area contributed by atoms with Gasteiger partial charge in [0.2, 0.25) is 20.3 Å². The molecule has 0 aliphatic heterocycles. The van der Waals surface area contributed by atoms with Crippen molar-refractivity contribution in [1.82, 2.24) is 23.4 Å². The number of rotatable bonds is 15. The van der Waals surface area contributed by atoms with Gasteiger partial charge in [-0.15, -0.1) is 0 Å². The third-order valence-electron chi connectivity index (χ3n) is 7.83. The van der Waals surface area contributed by atoms with Gasteiger partial charge in [-0.2, -0.15) is 8.75 Å². The number of aliphatic carboxylic acids is 1. The number of anilines is 4. The lowest BCUT2D eigenvalue weighted by Gasteiger charge is -2.12. The fraction of sp³-hybridized carbons (Fsp3) is 0.132. The molecular formula is C38H33F2N9O10S3. The van der Waals surface area contributed by atoms with Crippen molar-refractivity contribution in [3.63, 3.8) is 0 Å². The number of carbonyl (C=O) groups is 5. The molecule has 6 aromatic rings. The summed E-state index contributed by atoms with van der Waals surface area (Å²) in [6, 6.07) is 18.2. The lowest BCUT2D eigenvalue weighted by atomic mass is 10.0. The van der Waals surface area contributed by atoms with Crippen LogP contribution in [0.1, 0.15) is 43.5 Å². The van der Waals surface area contributed by atoms with Gasteiger partial charge in [-0.05, 0) is 60.7 Å². The van der Waals surface area contributed by atoms with E-state index in [2.05, 4.69) is 44.7 Å². The fourth-order valence-corrected chi connectivity index (χ4v) is 6.72. The molecule has 0 spiro atoms. The summed E-state index contributed by atoms with van der Waals surface area (Å²) in [6.45, 7) is -0.131. The minimum absolute atomic E-state index is 0.0524. The monoisotopic (exact) mass is 909 g/mol. The first-order chi connectivity index (χ1) is 29.5. The van der Waals surface area contributed by atoms with Gasteiger partial charge in [-0.25, -0.2) is 41.5 Å². The average molecular weight is 910 g/mol. The summed E-state index contributed by atoms with van der Waals surface area (Å²) in [5.41, 5.74) is 0.412. The largest absolute Gasteiger partial charge is 0.496 e. The van der Waals surface area contributed by atoms with Crippen molar-refractivity contribution >= 4 is 84.3 Å². The van der Waals surface area contributed by atoms with Crippen molar-refractivity contribution in [2.24, 2.45) is 0 Å². The van der Waals surface area contributed by atoms with Gasteiger partial charge >= 0.3 is 18.0 Å². The number of hydrogen-bond acceptors (Lipinski definition) is 15. The van der Waals surface area contributed by atoms with E-state index < -0.39 is 51.3 Å². The van der Waals surface area contributed by atoms with E-state index in [1.807, 2.05) is 0 Å². The molecule has 2 heterocycles. The summed E-state index contributed by atoms with van der Waals surface area (Å²) < 4.78 is 70.3. The van der Waals surface area contributed by atoms with E-state index in [-0.39, 0.29) is 68.5 Å². The van der Waals surface area contributed by atoms with E-state index in [0.29, 0.717) is 11.5 Å². The standard InChI is InChI=1S/C19H18FN5O5S2.C19H15FN4O5S/c1-30-15-6-4-3-5-12(15)17(26)13-9-11(20)7-8-14(13)22-18(27)24-19-23-16(25-31-19)10-21-32(2,28)29;1-29-14-5-3-2-4-11(14)17(27)12-8-10(20)6-7-13(12)21-18(28)23-19-22-15(24-30-19)9-16(25)26/h3-9,21H,10H2,1-2H3,(H2,22,23,24,25,27);2-8H,9H2,1H3,(H,25,26)(H2,21,22,23,24,28). The number of para-hydroxylation sites is 2. The number of ether oxygens (including phenoxy) is 2. The number of carboxylic acids is 1. The zero-order valence-electron chi connectivity index (χ0n) is 32.4. The number of carboxylic acid groups (broad SMARTS) is 1. The summed E-state index contributed by atoms with van der Waals surface area (Å²) in [6.07, 6.45) is 0.619. The van der Waals surface area contributed by atoms with Crippen LogP contribution in [-0.4, -0.2) is 82.3 Å². The molecule has 24 heteroatoms. The summed E-state index contributed by atoms with van der Waals surface area (Å²) in [5, 5.41) is 18.7. The molecule has 0 saturated heterocycles. The molecule has 0 atom stereocenters. The van der Waals surface area contributed by atoms with Crippen LogP contribution in [0.4, 0.5) is 40.0 Å². The number of benzene rings is 4. The highest BCUT2D eigenvalue weighted by atomic mass is 32.2. The normalized spacial score (nSPS) is 10.7. The van der Waals surface area contributed by atoms with Gasteiger partial charge in [0.1, 0.15) is 29.6 Å². The number of methoxy groups -OCH3 is 2. The molecule has 0 radical (unpaired) electrons.